The number of aromatic amines is 1. The van der Waals surface area contributed by atoms with E-state index in [1.807, 2.05) is 0 Å². The first kappa shape index (κ1) is 18.5. The molecule has 26 heavy (non-hydrogen) atoms. The first-order valence-electron chi connectivity index (χ1n) is 7.43. The first-order valence-corrected chi connectivity index (χ1v) is 9.40. The van der Waals surface area contributed by atoms with Gasteiger partial charge in [0.25, 0.3) is 0 Å². The quantitative estimate of drug-likeness (QED) is 0.635. The van der Waals surface area contributed by atoms with E-state index in [0.717, 1.165) is 35.7 Å². The van der Waals surface area contributed by atoms with Crippen molar-refractivity contribution in [3.05, 3.63) is 81.5 Å². The number of nitrogens with one attached hydrogen (secondary N) is 1. The van der Waals surface area contributed by atoms with Crippen LogP contribution in [0.3, 0.4) is 0 Å². The number of rotatable bonds is 6. The summed E-state index contributed by atoms with van der Waals surface area (Å²) in [5, 5.41) is 0.345. The van der Waals surface area contributed by atoms with E-state index in [2.05, 4.69) is 15.0 Å². The lowest BCUT2D eigenvalue weighted by molar-refractivity contribution is 0.566. The third kappa shape index (κ3) is 4.67. The van der Waals surface area contributed by atoms with Gasteiger partial charge in [0.05, 0.1) is 0 Å². The van der Waals surface area contributed by atoms with Crippen LogP contribution in [0.25, 0.3) is 0 Å². The molecular formula is C17H12F3N3OS2. The number of thioether (sulfide) groups is 2. The maximum atomic E-state index is 13.7. The van der Waals surface area contributed by atoms with Crippen LogP contribution in [-0.4, -0.2) is 15.0 Å². The van der Waals surface area contributed by atoms with Gasteiger partial charge in [-0.15, -0.1) is 0 Å². The summed E-state index contributed by atoms with van der Waals surface area (Å²) < 4.78 is 41.0. The van der Waals surface area contributed by atoms with E-state index in [0.29, 0.717) is 5.56 Å². The molecule has 0 amide bonds. The van der Waals surface area contributed by atoms with Gasteiger partial charge in [-0.05, 0) is 23.8 Å². The molecule has 1 N–H and O–H groups in total. The molecule has 9 heteroatoms. The first-order chi connectivity index (χ1) is 12.5. The van der Waals surface area contributed by atoms with Crippen molar-refractivity contribution in [1.29, 1.82) is 0 Å². The van der Waals surface area contributed by atoms with E-state index < -0.39 is 17.3 Å². The maximum Gasteiger partial charge on any atom is 0.349 e. The van der Waals surface area contributed by atoms with E-state index in [9.17, 15) is 18.0 Å². The van der Waals surface area contributed by atoms with Gasteiger partial charge >= 0.3 is 5.69 Å². The highest BCUT2D eigenvalue weighted by molar-refractivity contribution is 7.99. The van der Waals surface area contributed by atoms with Crippen LogP contribution in [0.4, 0.5) is 13.2 Å². The second-order valence-corrected chi connectivity index (χ2v) is 7.02. The van der Waals surface area contributed by atoms with E-state index in [1.165, 1.54) is 12.1 Å². The third-order valence-electron chi connectivity index (χ3n) is 3.34. The fourth-order valence-electron chi connectivity index (χ4n) is 2.05. The largest absolute Gasteiger partial charge is 0.349 e. The second-order valence-electron chi connectivity index (χ2n) is 5.11. The summed E-state index contributed by atoms with van der Waals surface area (Å²) in [6.45, 7) is 0. The predicted octanol–water partition coefficient (Wildman–Crippen LogP) is 4.17. The molecule has 1 aromatic heterocycles. The van der Waals surface area contributed by atoms with E-state index in [1.54, 1.807) is 18.2 Å². The van der Waals surface area contributed by atoms with Gasteiger partial charge in [0.1, 0.15) is 17.5 Å². The van der Waals surface area contributed by atoms with Crippen LogP contribution in [-0.2, 0) is 11.5 Å². The van der Waals surface area contributed by atoms with Crippen LogP contribution in [0.5, 0.6) is 0 Å². The molecule has 3 aromatic rings. The Labute approximate surface area is 155 Å². The highest BCUT2D eigenvalue weighted by Crippen LogP contribution is 2.25. The Morgan fingerprint density at radius 2 is 1.54 bits per heavy atom. The van der Waals surface area contributed by atoms with Crippen LogP contribution in [0.15, 0.2) is 57.6 Å². The number of hydrogen-bond donors (Lipinski definition) is 1. The summed E-state index contributed by atoms with van der Waals surface area (Å²) >= 11 is 2.08. The zero-order chi connectivity index (χ0) is 18.5. The average molecular weight is 395 g/mol. The SMILES string of the molecule is O=c1nc(SCc2ccccc2F)nc(SCc2c(F)cccc2F)[nH]1. The lowest BCUT2D eigenvalue weighted by Gasteiger charge is -2.06. The molecule has 0 aliphatic rings. The molecule has 1 heterocycles. The Morgan fingerprint density at radius 1 is 0.846 bits per heavy atom. The molecular weight excluding hydrogens is 383 g/mol. The molecule has 0 radical (unpaired) electrons. The van der Waals surface area contributed by atoms with E-state index >= 15 is 0 Å². The minimum atomic E-state index is -0.664. The van der Waals surface area contributed by atoms with Crippen molar-refractivity contribution in [2.24, 2.45) is 0 Å². The Hall–Kier alpha value is -2.26. The van der Waals surface area contributed by atoms with Crippen LogP contribution in [0.1, 0.15) is 11.1 Å². The Morgan fingerprint density at radius 3 is 2.27 bits per heavy atom. The van der Waals surface area contributed by atoms with Crippen LogP contribution in [0, 0.1) is 17.5 Å². The number of hydrogen-bond acceptors (Lipinski definition) is 5. The van der Waals surface area contributed by atoms with Crippen molar-refractivity contribution in [3.8, 4) is 0 Å². The standard InChI is InChI=1S/C17H12F3N3OS2/c18-12-5-2-1-4-10(12)8-25-16-21-15(24)22-17(23-16)26-9-11-13(19)6-3-7-14(11)20/h1-7H,8-9H2,(H,21,22,23,24). The van der Waals surface area contributed by atoms with Gasteiger partial charge in [-0.2, -0.15) is 9.97 Å². The van der Waals surface area contributed by atoms with Gasteiger partial charge < -0.3 is 0 Å². The molecule has 0 fully saturated rings. The Bertz CT molecular complexity index is 961. The molecule has 0 saturated carbocycles. The Kier molecular flexibility index (Phi) is 6.00. The summed E-state index contributed by atoms with van der Waals surface area (Å²) in [5.41, 5.74) is -0.269. The molecule has 2 aromatic carbocycles. The van der Waals surface area contributed by atoms with Crippen molar-refractivity contribution in [2.75, 3.05) is 0 Å². The second kappa shape index (κ2) is 8.41. The molecule has 0 spiro atoms. The fraction of sp³-hybridized carbons (Fsp3) is 0.118. The van der Waals surface area contributed by atoms with Crippen molar-refractivity contribution in [1.82, 2.24) is 15.0 Å². The lowest BCUT2D eigenvalue weighted by Crippen LogP contribution is -2.14. The monoisotopic (exact) mass is 395 g/mol. The molecule has 0 saturated heterocycles. The van der Waals surface area contributed by atoms with Gasteiger partial charge in [0.15, 0.2) is 10.3 Å². The van der Waals surface area contributed by atoms with Crippen molar-refractivity contribution < 1.29 is 13.2 Å². The van der Waals surface area contributed by atoms with Gasteiger partial charge in [-0.1, -0.05) is 47.8 Å². The number of aromatic nitrogens is 3. The zero-order valence-corrected chi connectivity index (χ0v) is 14.8. The highest BCUT2D eigenvalue weighted by Gasteiger charge is 2.11. The normalized spacial score (nSPS) is 10.9. The zero-order valence-electron chi connectivity index (χ0n) is 13.2. The van der Waals surface area contributed by atoms with Gasteiger partial charge in [0.2, 0.25) is 0 Å². The summed E-state index contributed by atoms with van der Waals surface area (Å²) in [5.74, 6) is -1.47. The predicted molar refractivity (Wildman–Crippen MR) is 94.5 cm³/mol. The van der Waals surface area contributed by atoms with E-state index in [4.69, 9.17) is 0 Å². The van der Waals surface area contributed by atoms with Crippen molar-refractivity contribution >= 4 is 23.5 Å². The minimum absolute atomic E-state index is 0.0388. The number of H-pyrrole nitrogens is 1. The van der Waals surface area contributed by atoms with Gasteiger partial charge in [-0.25, -0.2) is 18.0 Å². The van der Waals surface area contributed by atoms with Crippen molar-refractivity contribution in [3.63, 3.8) is 0 Å². The smallest absolute Gasteiger partial charge is 0.285 e. The third-order valence-corrected chi connectivity index (χ3v) is 5.13. The summed E-state index contributed by atoms with van der Waals surface area (Å²) in [4.78, 5) is 22.0. The van der Waals surface area contributed by atoms with Gasteiger partial charge in [0, 0.05) is 17.1 Å². The fourth-order valence-corrected chi connectivity index (χ4v) is 3.79. The molecule has 0 unspecified atom stereocenters. The molecule has 0 aliphatic carbocycles. The highest BCUT2D eigenvalue weighted by atomic mass is 32.2. The average Bonchev–Trinajstić information content (AvgIpc) is 2.60. The molecule has 3 rings (SSSR count). The number of nitrogens with zero attached hydrogens (tertiary/aromatic N) is 2. The number of halogens is 3. The summed E-state index contributed by atoms with van der Waals surface area (Å²) in [6, 6.07) is 9.88. The molecule has 0 aliphatic heterocycles. The maximum absolute atomic E-state index is 13.7. The summed E-state index contributed by atoms with van der Waals surface area (Å²) in [6.07, 6.45) is 0. The minimum Gasteiger partial charge on any atom is -0.285 e. The molecule has 134 valence electrons. The molecule has 4 nitrogen and oxygen atoms in total. The Balaban J connectivity index is 1.71. The van der Waals surface area contributed by atoms with Crippen LogP contribution in [0.2, 0.25) is 0 Å². The van der Waals surface area contributed by atoms with Gasteiger partial charge in [-0.3, -0.25) is 4.98 Å². The topological polar surface area (TPSA) is 58.6 Å². The lowest BCUT2D eigenvalue weighted by atomic mass is 10.2. The summed E-state index contributed by atoms with van der Waals surface area (Å²) in [7, 11) is 0. The van der Waals surface area contributed by atoms with Crippen LogP contribution < -0.4 is 5.69 Å². The van der Waals surface area contributed by atoms with E-state index in [-0.39, 0.29) is 33.2 Å². The van der Waals surface area contributed by atoms with Crippen LogP contribution >= 0.6 is 23.5 Å². The molecule has 0 atom stereocenters. The number of benzene rings is 2. The van der Waals surface area contributed by atoms with Crippen molar-refractivity contribution in [2.45, 2.75) is 21.8 Å². The molecule has 0 bridgehead atoms.